The zero-order valence-corrected chi connectivity index (χ0v) is 11.6. The molecule has 8 nitrogen and oxygen atoms in total. The molecule has 1 aromatic rings. The van der Waals surface area contributed by atoms with Crippen LogP contribution in [0.15, 0.2) is 12.1 Å². The maximum absolute atomic E-state index is 11.9. The van der Waals surface area contributed by atoms with Gasteiger partial charge in [0.15, 0.2) is 11.4 Å². The minimum Gasteiger partial charge on any atom is -0.595 e. The number of esters is 1. The largest absolute Gasteiger partial charge is 0.595 e. The zero-order chi connectivity index (χ0) is 15.4. The standard InChI is InChI=1S/C11H15ClN2O6/c1-3-6(2)20-11(15)7-4-10(14(18)19)8(12)5-9(7)13(16)17/h4-6,13-14,16,18H,3H2,1-2H3/t6-/m1/s1. The minimum atomic E-state index is -1.39. The van der Waals surface area contributed by atoms with Gasteiger partial charge < -0.3 is 15.2 Å². The molecule has 0 saturated carbocycles. The second kappa shape index (κ2) is 6.95. The van der Waals surface area contributed by atoms with Crippen molar-refractivity contribution in [1.82, 2.24) is 0 Å². The number of hydrogen-bond acceptors (Lipinski definition) is 6. The van der Waals surface area contributed by atoms with Crippen LogP contribution in [0, 0.1) is 10.4 Å². The van der Waals surface area contributed by atoms with Crippen LogP contribution in [0.4, 0.5) is 11.4 Å². The van der Waals surface area contributed by atoms with E-state index in [2.05, 4.69) is 0 Å². The zero-order valence-electron chi connectivity index (χ0n) is 10.8. The van der Waals surface area contributed by atoms with Crippen LogP contribution in [0.25, 0.3) is 0 Å². The number of halogens is 1. The SMILES string of the molecule is CC[C@@H](C)OC(=O)c1cc([NH+]([O-])O)c(Cl)cc1[NH+]([O-])O. The Morgan fingerprint density at radius 2 is 1.90 bits per heavy atom. The summed E-state index contributed by atoms with van der Waals surface area (Å²) in [5, 5.41) is 37.1. The fourth-order valence-electron chi connectivity index (χ4n) is 1.41. The van der Waals surface area contributed by atoms with Crippen LogP contribution in [-0.4, -0.2) is 22.5 Å². The van der Waals surface area contributed by atoms with Gasteiger partial charge in [0.25, 0.3) is 0 Å². The van der Waals surface area contributed by atoms with Crippen molar-refractivity contribution in [3.8, 4) is 0 Å². The Morgan fingerprint density at radius 3 is 2.35 bits per heavy atom. The van der Waals surface area contributed by atoms with Crippen LogP contribution >= 0.6 is 11.6 Å². The summed E-state index contributed by atoms with van der Waals surface area (Å²) in [7, 11) is 0. The summed E-state index contributed by atoms with van der Waals surface area (Å²) in [4.78, 5) is 11.9. The maximum atomic E-state index is 11.9. The van der Waals surface area contributed by atoms with Crippen molar-refractivity contribution in [1.29, 1.82) is 0 Å². The third-order valence-corrected chi connectivity index (χ3v) is 2.98. The van der Waals surface area contributed by atoms with Gasteiger partial charge in [-0.25, -0.2) is 15.2 Å². The topological polar surface area (TPSA) is 122 Å². The molecule has 0 aliphatic carbocycles. The van der Waals surface area contributed by atoms with E-state index < -0.39 is 28.2 Å². The van der Waals surface area contributed by atoms with Crippen molar-refractivity contribution in [3.05, 3.63) is 33.1 Å². The summed E-state index contributed by atoms with van der Waals surface area (Å²) in [5.74, 6) is -0.893. The number of rotatable bonds is 5. The number of carbonyl (C=O) groups is 1. The van der Waals surface area contributed by atoms with E-state index in [4.69, 9.17) is 26.8 Å². The van der Waals surface area contributed by atoms with Gasteiger partial charge in [-0.05, 0) is 13.3 Å². The van der Waals surface area contributed by atoms with Crippen molar-refractivity contribution < 1.29 is 30.4 Å². The summed E-state index contributed by atoms with van der Waals surface area (Å²) < 4.78 is 5.01. The van der Waals surface area contributed by atoms with E-state index in [-0.39, 0.29) is 16.3 Å². The number of ether oxygens (including phenoxy) is 1. The van der Waals surface area contributed by atoms with Crippen molar-refractivity contribution in [2.75, 3.05) is 0 Å². The molecular weight excluding hydrogens is 292 g/mol. The van der Waals surface area contributed by atoms with Gasteiger partial charge >= 0.3 is 5.97 Å². The molecule has 3 atom stereocenters. The molecule has 112 valence electrons. The first-order valence-corrected chi connectivity index (χ1v) is 6.16. The summed E-state index contributed by atoms with van der Waals surface area (Å²) in [5.41, 5.74) is -1.08. The van der Waals surface area contributed by atoms with Crippen molar-refractivity contribution in [3.63, 3.8) is 0 Å². The summed E-state index contributed by atoms with van der Waals surface area (Å²) in [6, 6.07) is 1.85. The summed E-state index contributed by atoms with van der Waals surface area (Å²) >= 11 is 5.68. The van der Waals surface area contributed by atoms with Crippen molar-refractivity contribution in [2.45, 2.75) is 26.4 Å². The van der Waals surface area contributed by atoms with Gasteiger partial charge in [-0.15, -0.1) is 0 Å². The fraction of sp³-hybridized carbons (Fsp3) is 0.364. The highest BCUT2D eigenvalue weighted by molar-refractivity contribution is 6.33. The lowest BCUT2D eigenvalue weighted by Crippen LogP contribution is -3.00. The molecule has 0 aliphatic rings. The lowest BCUT2D eigenvalue weighted by Gasteiger charge is -2.19. The van der Waals surface area contributed by atoms with Crippen LogP contribution in [0.5, 0.6) is 0 Å². The summed E-state index contributed by atoms with van der Waals surface area (Å²) in [6.45, 7) is 3.44. The first-order chi connectivity index (χ1) is 9.27. The van der Waals surface area contributed by atoms with Gasteiger partial charge in [-0.1, -0.05) is 18.5 Å². The van der Waals surface area contributed by atoms with Crippen LogP contribution in [0.1, 0.15) is 30.6 Å². The van der Waals surface area contributed by atoms with Gasteiger partial charge in [0.05, 0.1) is 6.10 Å². The molecule has 2 unspecified atom stereocenters. The molecule has 0 heterocycles. The van der Waals surface area contributed by atoms with Crippen LogP contribution < -0.4 is 10.5 Å². The molecule has 0 saturated heterocycles. The molecule has 0 aliphatic heterocycles. The van der Waals surface area contributed by atoms with Gasteiger partial charge in [-0.2, -0.15) is 10.5 Å². The molecule has 0 aromatic heterocycles. The maximum Gasteiger partial charge on any atom is 0.344 e. The quantitative estimate of drug-likeness (QED) is 0.452. The molecule has 20 heavy (non-hydrogen) atoms. The van der Waals surface area contributed by atoms with Gasteiger partial charge in [-0.3, -0.25) is 0 Å². The van der Waals surface area contributed by atoms with Crippen LogP contribution in [0.3, 0.4) is 0 Å². The van der Waals surface area contributed by atoms with E-state index in [1.165, 1.54) is 0 Å². The predicted molar refractivity (Wildman–Crippen MR) is 68.2 cm³/mol. The van der Waals surface area contributed by atoms with Crippen molar-refractivity contribution in [2.24, 2.45) is 0 Å². The smallest absolute Gasteiger partial charge is 0.344 e. The van der Waals surface area contributed by atoms with E-state index >= 15 is 0 Å². The van der Waals surface area contributed by atoms with Gasteiger partial charge in [0, 0.05) is 12.1 Å². The Labute approximate surface area is 119 Å². The number of benzene rings is 1. The van der Waals surface area contributed by atoms with E-state index in [1.54, 1.807) is 13.8 Å². The number of hydrogen-bond donors (Lipinski definition) is 4. The Morgan fingerprint density at radius 1 is 1.35 bits per heavy atom. The molecule has 0 spiro atoms. The fourth-order valence-corrected chi connectivity index (χ4v) is 1.66. The molecule has 4 N–H and O–H groups in total. The lowest BCUT2D eigenvalue weighted by atomic mass is 10.1. The molecule has 1 rings (SSSR count). The number of nitrogens with one attached hydrogen (secondary N) is 2. The van der Waals surface area contributed by atoms with E-state index in [1.807, 2.05) is 0 Å². The Balaban J connectivity index is 3.27. The predicted octanol–water partition coefficient (Wildman–Crippen LogP) is 0.102. The normalized spacial score (nSPS) is 15.6. The number of quaternary nitrogens is 2. The molecule has 0 bridgehead atoms. The average Bonchev–Trinajstić information content (AvgIpc) is 2.37. The lowest BCUT2D eigenvalue weighted by molar-refractivity contribution is -0.993. The average molecular weight is 307 g/mol. The second-order valence-corrected chi connectivity index (χ2v) is 4.52. The monoisotopic (exact) mass is 306 g/mol. The second-order valence-electron chi connectivity index (χ2n) is 4.11. The Hall–Kier alpha value is -1.26. The van der Waals surface area contributed by atoms with E-state index in [0.717, 1.165) is 12.1 Å². The molecule has 0 fully saturated rings. The first-order valence-electron chi connectivity index (χ1n) is 5.79. The minimum absolute atomic E-state index is 0.255. The third-order valence-electron chi connectivity index (χ3n) is 2.67. The highest BCUT2D eigenvalue weighted by atomic mass is 35.5. The Kier molecular flexibility index (Phi) is 5.84. The summed E-state index contributed by atoms with van der Waals surface area (Å²) in [6.07, 6.45) is 0.140. The molecule has 0 amide bonds. The van der Waals surface area contributed by atoms with Gasteiger partial charge in [0.2, 0.25) is 0 Å². The highest BCUT2D eigenvalue weighted by Crippen LogP contribution is 2.26. The van der Waals surface area contributed by atoms with Crippen LogP contribution in [0.2, 0.25) is 5.02 Å². The van der Waals surface area contributed by atoms with Crippen molar-refractivity contribution >= 4 is 28.9 Å². The van der Waals surface area contributed by atoms with Crippen LogP contribution in [-0.2, 0) is 4.74 Å². The van der Waals surface area contributed by atoms with Gasteiger partial charge in [0.1, 0.15) is 10.6 Å². The number of carbonyl (C=O) groups excluding carboxylic acids is 1. The molecule has 1 aromatic carbocycles. The molecular formula is C11H15ClN2O6. The highest BCUT2D eigenvalue weighted by Gasteiger charge is 2.24. The molecule has 0 radical (unpaired) electrons. The third kappa shape index (κ3) is 3.87. The van der Waals surface area contributed by atoms with E-state index in [9.17, 15) is 15.2 Å². The Bertz CT molecular complexity index is 494. The van der Waals surface area contributed by atoms with E-state index in [0.29, 0.717) is 6.42 Å². The first kappa shape index (κ1) is 16.8. The molecule has 9 heteroatoms.